The molecular formula is C22H33N2O8Ru-. The molecular weight excluding hydrogens is 521 g/mol. The molecule has 4 atom stereocenters. The summed E-state index contributed by atoms with van der Waals surface area (Å²) in [4.78, 5) is 27.4. The molecule has 33 heavy (non-hydrogen) atoms. The molecule has 0 bridgehead atoms. The summed E-state index contributed by atoms with van der Waals surface area (Å²) in [5.41, 5.74) is 0.329. The molecule has 0 saturated carbocycles. The van der Waals surface area contributed by atoms with Crippen LogP contribution in [0.4, 0.5) is 0 Å². The molecule has 2 aromatic heterocycles. The van der Waals surface area contributed by atoms with Crippen LogP contribution in [0.2, 0.25) is 0 Å². The van der Waals surface area contributed by atoms with Crippen LogP contribution < -0.4 is 5.11 Å². The summed E-state index contributed by atoms with van der Waals surface area (Å²) >= 11 is 0. The Balaban J connectivity index is -0.000000363. The number of carboxylic acids is 2. The van der Waals surface area contributed by atoms with E-state index in [-0.39, 0.29) is 55.0 Å². The Morgan fingerprint density at radius 3 is 1.24 bits per heavy atom. The van der Waals surface area contributed by atoms with Gasteiger partial charge in [0.15, 0.2) is 0 Å². The number of aliphatic hydroxyl groups excluding tert-OH is 4. The predicted molar refractivity (Wildman–Crippen MR) is 116 cm³/mol. The van der Waals surface area contributed by atoms with Gasteiger partial charge in [-0.2, -0.15) is 0 Å². The Hall–Kier alpha value is -2.30. The van der Waals surface area contributed by atoms with Crippen molar-refractivity contribution in [3.63, 3.8) is 0 Å². The molecule has 0 spiro atoms. The zero-order chi connectivity index (χ0) is 25.1. The number of carbonyl (C=O) groups excluding carboxylic acids is 1. The van der Waals surface area contributed by atoms with Crippen molar-refractivity contribution in [1.82, 2.24) is 9.97 Å². The first-order chi connectivity index (χ1) is 14.9. The maximum absolute atomic E-state index is 10.2. The van der Waals surface area contributed by atoms with Gasteiger partial charge in [-0.25, -0.2) is 4.79 Å². The summed E-state index contributed by atoms with van der Waals surface area (Å²) in [6.07, 6.45) is 5.04. The van der Waals surface area contributed by atoms with Crippen molar-refractivity contribution >= 4 is 11.9 Å². The van der Waals surface area contributed by atoms with Crippen LogP contribution in [0.5, 0.6) is 0 Å². The van der Waals surface area contributed by atoms with E-state index in [0.29, 0.717) is 12.8 Å². The fraction of sp³-hybridized carbons (Fsp3) is 0.455. The van der Waals surface area contributed by atoms with Crippen LogP contribution in [0.1, 0.15) is 61.3 Å². The van der Waals surface area contributed by atoms with Gasteiger partial charge in [0.25, 0.3) is 0 Å². The standard InChI is InChI=1S/2C6H5NO2.2C5H12O2.Ru/c2*8-6(9)5-2-1-3-7-4-5;2*1-4(6)3-5(2)7;/h2*1-4H,(H,8,9);2*4-7H,3H2,1-2H3;/p-1. The van der Waals surface area contributed by atoms with Crippen LogP contribution in [0.15, 0.2) is 49.1 Å². The first-order valence-electron chi connectivity index (χ1n) is 9.83. The van der Waals surface area contributed by atoms with Gasteiger partial charge in [-0.1, -0.05) is 6.07 Å². The normalized spacial score (nSPS) is 12.8. The van der Waals surface area contributed by atoms with E-state index < -0.39 is 11.9 Å². The molecule has 2 aromatic rings. The number of nitrogens with zero attached hydrogens (tertiary/aromatic N) is 2. The van der Waals surface area contributed by atoms with Crippen molar-refractivity contribution in [3.05, 3.63) is 60.2 Å². The second-order valence-electron chi connectivity index (χ2n) is 6.94. The van der Waals surface area contributed by atoms with Crippen molar-refractivity contribution in [1.29, 1.82) is 0 Å². The van der Waals surface area contributed by atoms with Crippen molar-refractivity contribution in [2.24, 2.45) is 0 Å². The second kappa shape index (κ2) is 21.5. The molecule has 0 aromatic carbocycles. The van der Waals surface area contributed by atoms with Crippen molar-refractivity contribution in [2.75, 3.05) is 0 Å². The van der Waals surface area contributed by atoms with Crippen molar-refractivity contribution in [2.45, 2.75) is 65.0 Å². The maximum Gasteiger partial charge on any atom is 0.337 e. The molecule has 0 radical (unpaired) electrons. The number of carboxylic acid groups (broad SMARTS) is 2. The third-order valence-corrected chi connectivity index (χ3v) is 3.17. The first-order valence-corrected chi connectivity index (χ1v) is 9.83. The molecule has 10 nitrogen and oxygen atoms in total. The summed E-state index contributed by atoms with van der Waals surface area (Å²) in [7, 11) is 0. The monoisotopic (exact) mass is 555 g/mol. The van der Waals surface area contributed by atoms with E-state index in [1.165, 1.54) is 36.9 Å². The van der Waals surface area contributed by atoms with Crippen LogP contribution in [0.3, 0.4) is 0 Å². The van der Waals surface area contributed by atoms with Gasteiger partial charge in [-0.05, 0) is 58.7 Å². The van der Waals surface area contributed by atoms with Crippen LogP contribution in [0, 0.1) is 0 Å². The Morgan fingerprint density at radius 1 is 0.788 bits per heavy atom. The summed E-state index contributed by atoms with van der Waals surface area (Å²) in [5.74, 6) is -2.13. The van der Waals surface area contributed by atoms with Crippen LogP contribution in [-0.4, -0.2) is 71.9 Å². The van der Waals surface area contributed by atoms with E-state index in [2.05, 4.69) is 9.97 Å². The van der Waals surface area contributed by atoms with E-state index in [9.17, 15) is 14.7 Å². The molecule has 2 heterocycles. The predicted octanol–water partition coefficient (Wildman–Crippen LogP) is 0.499. The number of pyridine rings is 2. The SMILES string of the molecule is CC(O)CC(C)O.CC(O)CC(C)O.O=C(O)c1cccnc1.O=C([O-])c1cccnc1.[Ru]. The zero-order valence-electron chi connectivity index (χ0n) is 19.1. The number of hydrogen-bond donors (Lipinski definition) is 5. The van der Waals surface area contributed by atoms with Crippen molar-refractivity contribution < 1.29 is 59.7 Å². The number of hydrogen-bond acceptors (Lipinski definition) is 9. The van der Waals surface area contributed by atoms with E-state index in [4.69, 9.17) is 25.5 Å². The number of rotatable bonds is 6. The van der Waals surface area contributed by atoms with Crippen LogP contribution >= 0.6 is 0 Å². The molecule has 0 aliphatic heterocycles. The number of carbonyl (C=O) groups is 2. The minimum Gasteiger partial charge on any atom is -0.545 e. The van der Waals surface area contributed by atoms with Gasteiger partial charge < -0.3 is 35.4 Å². The van der Waals surface area contributed by atoms with Gasteiger partial charge in [0.1, 0.15) is 0 Å². The Bertz CT molecular complexity index is 654. The molecule has 188 valence electrons. The number of aromatic nitrogens is 2. The quantitative estimate of drug-likeness (QED) is 0.315. The molecule has 0 saturated heterocycles. The Labute approximate surface area is 206 Å². The number of aliphatic hydroxyl groups is 4. The fourth-order valence-electron chi connectivity index (χ4n) is 1.96. The third kappa shape index (κ3) is 25.8. The molecule has 2 rings (SSSR count). The van der Waals surface area contributed by atoms with Gasteiger partial charge in [0.2, 0.25) is 0 Å². The molecule has 0 amide bonds. The van der Waals surface area contributed by atoms with Gasteiger partial charge in [0, 0.05) is 49.8 Å². The zero-order valence-corrected chi connectivity index (χ0v) is 20.8. The summed E-state index contributed by atoms with van der Waals surface area (Å²) in [6, 6.07) is 6.06. The van der Waals surface area contributed by atoms with E-state index in [1.54, 1.807) is 39.8 Å². The smallest absolute Gasteiger partial charge is 0.337 e. The molecule has 11 heteroatoms. The van der Waals surface area contributed by atoms with Crippen LogP contribution in [-0.2, 0) is 19.5 Å². The second-order valence-corrected chi connectivity index (χ2v) is 6.94. The average molecular weight is 555 g/mol. The van der Waals surface area contributed by atoms with E-state index >= 15 is 0 Å². The van der Waals surface area contributed by atoms with Gasteiger partial charge in [0.05, 0.1) is 35.9 Å². The Kier molecular flexibility index (Phi) is 23.0. The fourth-order valence-corrected chi connectivity index (χ4v) is 1.96. The first kappa shape index (κ1) is 35.3. The topological polar surface area (TPSA) is 184 Å². The number of aromatic carboxylic acids is 2. The van der Waals surface area contributed by atoms with Gasteiger partial charge in [-0.15, -0.1) is 0 Å². The van der Waals surface area contributed by atoms with Gasteiger partial charge >= 0.3 is 5.97 Å². The molecule has 4 unspecified atom stereocenters. The average Bonchev–Trinajstić information content (AvgIpc) is 2.68. The largest absolute Gasteiger partial charge is 0.545 e. The minimum absolute atomic E-state index is 0. The molecule has 0 aliphatic carbocycles. The summed E-state index contributed by atoms with van der Waals surface area (Å²) < 4.78 is 0. The van der Waals surface area contributed by atoms with E-state index in [0.717, 1.165) is 0 Å². The molecule has 0 fully saturated rings. The molecule has 5 N–H and O–H groups in total. The van der Waals surface area contributed by atoms with Gasteiger partial charge in [-0.3, -0.25) is 9.97 Å². The summed E-state index contributed by atoms with van der Waals surface area (Å²) in [5, 5.41) is 52.6. The van der Waals surface area contributed by atoms with Crippen molar-refractivity contribution in [3.8, 4) is 0 Å². The summed E-state index contributed by atoms with van der Waals surface area (Å²) in [6.45, 7) is 6.64. The van der Waals surface area contributed by atoms with E-state index in [1.807, 2.05) is 0 Å². The molecule has 0 aliphatic rings. The third-order valence-electron chi connectivity index (χ3n) is 3.17. The maximum atomic E-state index is 10.2. The minimum atomic E-state index is -1.19. The Morgan fingerprint density at radius 2 is 1.12 bits per heavy atom. The van der Waals surface area contributed by atoms with Crippen LogP contribution in [0.25, 0.3) is 0 Å².